The van der Waals surface area contributed by atoms with Crippen LogP contribution in [0.1, 0.15) is 5.56 Å². The lowest BCUT2D eigenvalue weighted by Crippen LogP contribution is -1.94. The van der Waals surface area contributed by atoms with Gasteiger partial charge in [0.15, 0.2) is 5.82 Å². The van der Waals surface area contributed by atoms with Crippen molar-refractivity contribution in [3.8, 4) is 11.4 Å². The average Bonchev–Trinajstić information content (AvgIpc) is 2.41. The maximum Gasteiger partial charge on any atom is 0.161 e. The number of fused-ring (bicyclic) bond motifs is 1. The van der Waals surface area contributed by atoms with Gasteiger partial charge in [0.25, 0.3) is 0 Å². The van der Waals surface area contributed by atoms with Crippen molar-refractivity contribution in [2.24, 2.45) is 0 Å². The van der Waals surface area contributed by atoms with E-state index in [2.05, 4.69) is 9.97 Å². The van der Waals surface area contributed by atoms with Gasteiger partial charge in [-0.1, -0.05) is 46.9 Å². The van der Waals surface area contributed by atoms with Crippen LogP contribution in [0, 0.1) is 6.92 Å². The van der Waals surface area contributed by atoms with E-state index >= 15 is 0 Å². The molecule has 0 spiro atoms. The second-order valence-electron chi connectivity index (χ2n) is 4.41. The summed E-state index contributed by atoms with van der Waals surface area (Å²) in [7, 11) is 0. The minimum atomic E-state index is 0.404. The third kappa shape index (κ3) is 2.35. The lowest BCUT2D eigenvalue weighted by Gasteiger charge is -2.08. The third-order valence-corrected chi connectivity index (χ3v) is 4.05. The molecule has 0 radical (unpaired) electrons. The number of hydrogen-bond donors (Lipinski definition) is 0. The van der Waals surface area contributed by atoms with Crippen LogP contribution < -0.4 is 0 Å². The predicted octanol–water partition coefficient (Wildman–Crippen LogP) is 5.57. The van der Waals surface area contributed by atoms with Crippen molar-refractivity contribution in [3.05, 3.63) is 57.2 Å². The lowest BCUT2D eigenvalue weighted by molar-refractivity contribution is 1.21. The zero-order chi connectivity index (χ0) is 14.3. The second kappa shape index (κ2) is 5.21. The number of aromatic nitrogens is 2. The molecule has 0 aliphatic rings. The van der Waals surface area contributed by atoms with Crippen molar-refractivity contribution in [2.75, 3.05) is 0 Å². The Morgan fingerprint density at radius 1 is 0.950 bits per heavy atom. The van der Waals surface area contributed by atoms with E-state index in [1.807, 2.05) is 31.2 Å². The quantitative estimate of drug-likeness (QED) is 0.547. The topological polar surface area (TPSA) is 25.8 Å². The first-order valence-corrected chi connectivity index (χ1v) is 7.08. The largest absolute Gasteiger partial charge is 0.228 e. The van der Waals surface area contributed by atoms with E-state index in [9.17, 15) is 0 Å². The minimum Gasteiger partial charge on any atom is -0.228 e. The molecule has 0 saturated heterocycles. The molecule has 20 heavy (non-hydrogen) atoms. The number of rotatable bonds is 1. The van der Waals surface area contributed by atoms with Crippen LogP contribution in [0.3, 0.4) is 0 Å². The fourth-order valence-electron chi connectivity index (χ4n) is 2.03. The summed E-state index contributed by atoms with van der Waals surface area (Å²) in [6, 6.07) is 11.0. The highest BCUT2D eigenvalue weighted by Gasteiger charge is 2.11. The van der Waals surface area contributed by atoms with Crippen LogP contribution in [-0.2, 0) is 0 Å². The average molecular weight is 324 g/mol. The van der Waals surface area contributed by atoms with E-state index in [1.165, 1.54) is 0 Å². The van der Waals surface area contributed by atoms with Crippen LogP contribution >= 0.6 is 34.8 Å². The second-order valence-corrected chi connectivity index (χ2v) is 5.61. The normalized spacial score (nSPS) is 11.0. The maximum absolute atomic E-state index is 6.23. The summed E-state index contributed by atoms with van der Waals surface area (Å²) in [5.41, 5.74) is 2.50. The summed E-state index contributed by atoms with van der Waals surface area (Å²) in [4.78, 5) is 8.89. The van der Waals surface area contributed by atoms with E-state index in [4.69, 9.17) is 34.8 Å². The summed E-state index contributed by atoms with van der Waals surface area (Å²) >= 11 is 18.4. The highest BCUT2D eigenvalue weighted by molar-refractivity contribution is 6.35. The Labute approximate surface area is 131 Å². The van der Waals surface area contributed by atoms with E-state index in [1.54, 1.807) is 12.1 Å². The van der Waals surface area contributed by atoms with Crippen LogP contribution in [0.15, 0.2) is 36.4 Å². The molecule has 0 amide bonds. The Bertz CT molecular complexity index is 816. The number of benzene rings is 2. The van der Waals surface area contributed by atoms with Crippen molar-refractivity contribution in [1.82, 2.24) is 9.97 Å². The Kier molecular flexibility index (Phi) is 3.55. The fourth-order valence-corrected chi connectivity index (χ4v) is 2.61. The SMILES string of the molecule is Cc1c(Cl)cccc1-c1nc(Cl)c2ccc(Cl)cc2n1. The van der Waals surface area contributed by atoms with E-state index < -0.39 is 0 Å². The monoisotopic (exact) mass is 322 g/mol. The first-order chi connectivity index (χ1) is 9.56. The van der Waals surface area contributed by atoms with Gasteiger partial charge in [-0.05, 0) is 36.8 Å². The fraction of sp³-hybridized carbons (Fsp3) is 0.0667. The molecule has 0 fully saturated rings. The number of halogens is 3. The van der Waals surface area contributed by atoms with Crippen LogP contribution in [0.2, 0.25) is 15.2 Å². The van der Waals surface area contributed by atoms with Crippen LogP contribution in [0.25, 0.3) is 22.3 Å². The van der Waals surface area contributed by atoms with E-state index in [0.29, 0.717) is 26.5 Å². The Morgan fingerprint density at radius 2 is 1.75 bits per heavy atom. The molecule has 1 aromatic heterocycles. The van der Waals surface area contributed by atoms with Gasteiger partial charge >= 0.3 is 0 Å². The van der Waals surface area contributed by atoms with Gasteiger partial charge in [-0.15, -0.1) is 0 Å². The first-order valence-electron chi connectivity index (χ1n) is 5.94. The van der Waals surface area contributed by atoms with E-state index in [-0.39, 0.29) is 0 Å². The molecule has 0 atom stereocenters. The number of nitrogens with zero attached hydrogens (tertiary/aromatic N) is 2. The van der Waals surface area contributed by atoms with Crippen molar-refractivity contribution in [1.29, 1.82) is 0 Å². The van der Waals surface area contributed by atoms with Gasteiger partial charge in [-0.2, -0.15) is 0 Å². The molecule has 2 nitrogen and oxygen atoms in total. The summed E-state index contributed by atoms with van der Waals surface area (Å²) in [5.74, 6) is 0.546. The molecule has 0 aliphatic carbocycles. The molecule has 3 rings (SSSR count). The number of hydrogen-bond acceptors (Lipinski definition) is 2. The Hall–Kier alpha value is -1.35. The summed E-state index contributed by atoms with van der Waals surface area (Å²) in [5, 5.41) is 2.47. The van der Waals surface area contributed by atoms with Gasteiger partial charge in [0, 0.05) is 21.0 Å². The highest BCUT2D eigenvalue weighted by Crippen LogP contribution is 2.30. The van der Waals surface area contributed by atoms with Crippen LogP contribution in [0.5, 0.6) is 0 Å². The van der Waals surface area contributed by atoms with Crippen molar-refractivity contribution in [2.45, 2.75) is 6.92 Å². The summed E-state index contributed by atoms with van der Waals surface area (Å²) in [6.45, 7) is 1.93. The van der Waals surface area contributed by atoms with Gasteiger partial charge < -0.3 is 0 Å². The first kappa shape index (κ1) is 13.6. The molecule has 0 unspecified atom stereocenters. The molecule has 0 bridgehead atoms. The van der Waals surface area contributed by atoms with Crippen LogP contribution in [-0.4, -0.2) is 9.97 Å². The molecule has 2 aromatic carbocycles. The molecule has 0 N–H and O–H groups in total. The maximum atomic E-state index is 6.23. The third-order valence-electron chi connectivity index (χ3n) is 3.12. The zero-order valence-electron chi connectivity index (χ0n) is 10.5. The molecular formula is C15H9Cl3N2. The van der Waals surface area contributed by atoms with Crippen molar-refractivity contribution < 1.29 is 0 Å². The highest BCUT2D eigenvalue weighted by atomic mass is 35.5. The van der Waals surface area contributed by atoms with Gasteiger partial charge in [0.2, 0.25) is 0 Å². The Morgan fingerprint density at radius 3 is 2.55 bits per heavy atom. The van der Waals surface area contributed by atoms with E-state index in [0.717, 1.165) is 16.5 Å². The lowest BCUT2D eigenvalue weighted by atomic mass is 10.1. The standard InChI is InChI=1S/C15H9Cl3N2/c1-8-10(3-2-4-12(8)17)15-19-13-7-9(16)5-6-11(13)14(18)20-15/h2-7H,1H3. The summed E-state index contributed by atoms with van der Waals surface area (Å²) in [6.07, 6.45) is 0. The molecule has 1 heterocycles. The van der Waals surface area contributed by atoms with Gasteiger partial charge in [0.05, 0.1) is 5.52 Å². The molecule has 0 saturated carbocycles. The molecule has 100 valence electrons. The molecule has 0 aliphatic heterocycles. The van der Waals surface area contributed by atoms with Crippen LogP contribution in [0.4, 0.5) is 0 Å². The molecule has 5 heteroatoms. The predicted molar refractivity (Wildman–Crippen MR) is 84.7 cm³/mol. The smallest absolute Gasteiger partial charge is 0.161 e. The molecule has 3 aromatic rings. The van der Waals surface area contributed by atoms with Crippen molar-refractivity contribution >= 4 is 45.7 Å². The van der Waals surface area contributed by atoms with Crippen molar-refractivity contribution in [3.63, 3.8) is 0 Å². The molecular weight excluding hydrogens is 315 g/mol. The minimum absolute atomic E-state index is 0.404. The zero-order valence-corrected chi connectivity index (χ0v) is 12.8. The van der Waals surface area contributed by atoms with Gasteiger partial charge in [-0.25, -0.2) is 9.97 Å². The Balaban J connectivity index is 2.29. The summed E-state index contributed by atoms with van der Waals surface area (Å²) < 4.78 is 0. The van der Waals surface area contributed by atoms with Gasteiger partial charge in [-0.3, -0.25) is 0 Å². The van der Waals surface area contributed by atoms with Gasteiger partial charge in [0.1, 0.15) is 5.15 Å².